The van der Waals surface area contributed by atoms with E-state index < -0.39 is 28.5 Å². The first-order chi connectivity index (χ1) is 10.1. The van der Waals surface area contributed by atoms with Gasteiger partial charge in [0.2, 0.25) is 0 Å². The highest BCUT2D eigenvalue weighted by molar-refractivity contribution is 6.31. The summed E-state index contributed by atoms with van der Waals surface area (Å²) in [6.07, 6.45) is -4.61. The van der Waals surface area contributed by atoms with Gasteiger partial charge in [0.15, 0.2) is 0 Å². The number of carbonyl (C=O) groups is 1. The molecule has 2 rings (SSSR count). The molecular formula is C11H9ClF3N5O2. The predicted octanol–water partition coefficient (Wildman–Crippen LogP) is 1.63. The maximum absolute atomic E-state index is 12.6. The third kappa shape index (κ3) is 2.82. The SMILES string of the molecule is CN(C)C(=O)n1nnn(-c2ccc(C(F)(F)F)c(Cl)c2)c1=O. The summed E-state index contributed by atoms with van der Waals surface area (Å²) in [5.74, 6) is 0. The maximum atomic E-state index is 12.6. The molecule has 0 fully saturated rings. The number of nitrogens with zero attached hydrogens (tertiary/aromatic N) is 5. The van der Waals surface area contributed by atoms with Crippen molar-refractivity contribution in [3.05, 3.63) is 39.3 Å². The van der Waals surface area contributed by atoms with Crippen LogP contribution in [0.3, 0.4) is 0 Å². The number of carbonyl (C=O) groups excluding carboxylic acids is 1. The minimum Gasteiger partial charge on any atom is -0.329 e. The summed E-state index contributed by atoms with van der Waals surface area (Å²) in [6, 6.07) is 1.91. The van der Waals surface area contributed by atoms with Gasteiger partial charge >= 0.3 is 17.9 Å². The van der Waals surface area contributed by atoms with Gasteiger partial charge < -0.3 is 4.90 Å². The van der Waals surface area contributed by atoms with Crippen LogP contribution < -0.4 is 5.69 Å². The van der Waals surface area contributed by atoms with E-state index in [9.17, 15) is 22.8 Å². The second-order valence-electron chi connectivity index (χ2n) is 4.42. The highest BCUT2D eigenvalue weighted by Crippen LogP contribution is 2.35. The Morgan fingerprint density at radius 2 is 1.91 bits per heavy atom. The number of amides is 1. The van der Waals surface area contributed by atoms with E-state index in [4.69, 9.17) is 11.6 Å². The van der Waals surface area contributed by atoms with E-state index in [2.05, 4.69) is 10.4 Å². The lowest BCUT2D eigenvalue weighted by Crippen LogP contribution is -2.36. The number of rotatable bonds is 1. The van der Waals surface area contributed by atoms with Crippen molar-refractivity contribution in [3.8, 4) is 5.69 Å². The number of aromatic nitrogens is 4. The Balaban J connectivity index is 2.49. The number of alkyl halides is 3. The molecule has 7 nitrogen and oxygen atoms in total. The molecule has 1 heterocycles. The molecule has 0 N–H and O–H groups in total. The zero-order valence-electron chi connectivity index (χ0n) is 11.3. The molecule has 0 aliphatic rings. The van der Waals surface area contributed by atoms with E-state index in [1.165, 1.54) is 14.1 Å². The molecule has 0 bridgehead atoms. The van der Waals surface area contributed by atoms with Crippen molar-refractivity contribution < 1.29 is 18.0 Å². The maximum Gasteiger partial charge on any atom is 0.417 e. The van der Waals surface area contributed by atoms with Crippen LogP contribution in [-0.4, -0.2) is 44.8 Å². The second kappa shape index (κ2) is 5.44. The van der Waals surface area contributed by atoms with E-state index in [0.717, 1.165) is 23.1 Å². The predicted molar refractivity (Wildman–Crippen MR) is 70.1 cm³/mol. The smallest absolute Gasteiger partial charge is 0.329 e. The molecule has 118 valence electrons. The van der Waals surface area contributed by atoms with Gasteiger partial charge in [0, 0.05) is 14.1 Å². The van der Waals surface area contributed by atoms with Gasteiger partial charge in [-0.3, -0.25) is 0 Å². The fourth-order valence-electron chi connectivity index (χ4n) is 1.58. The number of hydrogen-bond acceptors (Lipinski definition) is 4. The molecule has 0 saturated heterocycles. The van der Waals surface area contributed by atoms with Crippen LogP contribution in [0.25, 0.3) is 5.69 Å². The van der Waals surface area contributed by atoms with Crippen LogP contribution in [-0.2, 0) is 6.18 Å². The lowest BCUT2D eigenvalue weighted by Gasteiger charge is -2.09. The highest BCUT2D eigenvalue weighted by Gasteiger charge is 2.33. The number of halogens is 4. The molecule has 0 aliphatic carbocycles. The third-order valence-electron chi connectivity index (χ3n) is 2.65. The van der Waals surface area contributed by atoms with Gasteiger partial charge in [-0.2, -0.15) is 17.9 Å². The molecule has 11 heteroatoms. The van der Waals surface area contributed by atoms with Crippen molar-refractivity contribution in [3.63, 3.8) is 0 Å². The van der Waals surface area contributed by atoms with Crippen LogP contribution in [0.5, 0.6) is 0 Å². The zero-order valence-corrected chi connectivity index (χ0v) is 12.1. The molecule has 2 aromatic rings. The van der Waals surface area contributed by atoms with Crippen molar-refractivity contribution in [1.82, 2.24) is 24.7 Å². The van der Waals surface area contributed by atoms with Crippen LogP contribution in [0.15, 0.2) is 23.0 Å². The standard InChI is InChI=1S/C11H9ClF3N5O2/c1-18(2)9(21)20-10(22)19(16-17-20)6-3-4-7(8(12)5-6)11(13,14)15/h3-5H,1-2H3. The van der Waals surface area contributed by atoms with E-state index in [1.807, 2.05) is 0 Å². The first-order valence-electron chi connectivity index (χ1n) is 5.76. The van der Waals surface area contributed by atoms with Gasteiger partial charge in [0.25, 0.3) is 0 Å². The van der Waals surface area contributed by atoms with Crippen molar-refractivity contribution >= 4 is 17.6 Å². The molecule has 0 radical (unpaired) electrons. The average molecular weight is 336 g/mol. The first kappa shape index (κ1) is 16.0. The molecule has 0 spiro atoms. The number of tetrazole rings is 1. The second-order valence-corrected chi connectivity index (χ2v) is 4.83. The molecule has 0 aliphatic heterocycles. The van der Waals surface area contributed by atoms with Crippen LogP contribution >= 0.6 is 11.6 Å². The first-order valence-corrected chi connectivity index (χ1v) is 6.14. The molecule has 0 atom stereocenters. The molecule has 0 saturated carbocycles. The summed E-state index contributed by atoms with van der Waals surface area (Å²) in [5.41, 5.74) is -2.00. The summed E-state index contributed by atoms with van der Waals surface area (Å²) in [6.45, 7) is 0. The fourth-order valence-corrected chi connectivity index (χ4v) is 1.87. The minimum absolute atomic E-state index is 0.0409. The molecule has 0 unspecified atom stereocenters. The Bertz CT molecular complexity index is 781. The lowest BCUT2D eigenvalue weighted by atomic mass is 10.2. The van der Waals surface area contributed by atoms with Gasteiger partial charge in [-0.1, -0.05) is 11.6 Å². The topological polar surface area (TPSA) is 73.0 Å². The van der Waals surface area contributed by atoms with E-state index in [0.29, 0.717) is 9.36 Å². The van der Waals surface area contributed by atoms with Crippen molar-refractivity contribution in [2.24, 2.45) is 0 Å². The fraction of sp³-hybridized carbons (Fsp3) is 0.273. The Kier molecular flexibility index (Phi) is 3.96. The summed E-state index contributed by atoms with van der Waals surface area (Å²) < 4.78 is 39.0. The monoisotopic (exact) mass is 335 g/mol. The van der Waals surface area contributed by atoms with Gasteiger partial charge in [0.05, 0.1) is 16.3 Å². The zero-order chi connectivity index (χ0) is 16.7. The van der Waals surface area contributed by atoms with Gasteiger partial charge in [-0.15, -0.1) is 4.68 Å². The molecular weight excluding hydrogens is 327 g/mol. The normalized spacial score (nSPS) is 11.5. The van der Waals surface area contributed by atoms with Gasteiger partial charge in [0.1, 0.15) is 0 Å². The van der Waals surface area contributed by atoms with Crippen LogP contribution in [0, 0.1) is 0 Å². The third-order valence-corrected chi connectivity index (χ3v) is 2.96. The Labute approximate surface area is 126 Å². The van der Waals surface area contributed by atoms with Crippen molar-refractivity contribution in [2.45, 2.75) is 6.18 Å². The van der Waals surface area contributed by atoms with Crippen LogP contribution in [0.4, 0.5) is 18.0 Å². The largest absolute Gasteiger partial charge is 0.417 e. The van der Waals surface area contributed by atoms with Crippen molar-refractivity contribution in [1.29, 1.82) is 0 Å². The Morgan fingerprint density at radius 3 is 2.41 bits per heavy atom. The summed E-state index contributed by atoms with van der Waals surface area (Å²) in [5, 5.41) is 6.23. The molecule has 1 amide bonds. The molecule has 22 heavy (non-hydrogen) atoms. The van der Waals surface area contributed by atoms with E-state index in [-0.39, 0.29) is 5.69 Å². The molecule has 1 aromatic carbocycles. The van der Waals surface area contributed by atoms with E-state index >= 15 is 0 Å². The highest BCUT2D eigenvalue weighted by atomic mass is 35.5. The quantitative estimate of drug-likeness (QED) is 0.743. The number of benzene rings is 1. The number of hydrogen-bond donors (Lipinski definition) is 0. The van der Waals surface area contributed by atoms with Gasteiger partial charge in [-0.25, -0.2) is 9.59 Å². The van der Waals surface area contributed by atoms with Crippen LogP contribution in [0.2, 0.25) is 5.02 Å². The Morgan fingerprint density at radius 1 is 1.27 bits per heavy atom. The summed E-state index contributed by atoms with van der Waals surface area (Å²) >= 11 is 5.57. The van der Waals surface area contributed by atoms with Crippen LogP contribution in [0.1, 0.15) is 5.56 Å². The van der Waals surface area contributed by atoms with E-state index in [1.54, 1.807) is 0 Å². The summed E-state index contributed by atoms with van der Waals surface area (Å²) in [7, 11) is 2.81. The lowest BCUT2D eigenvalue weighted by molar-refractivity contribution is -0.137. The molecule has 1 aromatic heterocycles. The Hall–Kier alpha value is -2.36. The average Bonchev–Trinajstić information content (AvgIpc) is 2.77. The van der Waals surface area contributed by atoms with Crippen molar-refractivity contribution in [2.75, 3.05) is 14.1 Å². The minimum atomic E-state index is -4.61. The summed E-state index contributed by atoms with van der Waals surface area (Å²) in [4.78, 5) is 24.8. The van der Waals surface area contributed by atoms with Gasteiger partial charge in [-0.05, 0) is 28.6 Å².